The van der Waals surface area contributed by atoms with Crippen LogP contribution in [0, 0.1) is 0 Å². The molecule has 0 bridgehead atoms. The van der Waals surface area contributed by atoms with E-state index in [0.29, 0.717) is 6.54 Å². The van der Waals surface area contributed by atoms with E-state index in [-0.39, 0.29) is 17.6 Å². The highest BCUT2D eigenvalue weighted by Crippen LogP contribution is 2.34. The molecule has 1 aliphatic heterocycles. The van der Waals surface area contributed by atoms with Gasteiger partial charge in [-0.25, -0.2) is 0 Å². The van der Waals surface area contributed by atoms with Crippen molar-refractivity contribution in [1.29, 1.82) is 0 Å². The Morgan fingerprint density at radius 1 is 1.64 bits per heavy atom. The number of carbonyl (C=O) groups excluding carboxylic acids is 1. The molecule has 1 heterocycles. The van der Waals surface area contributed by atoms with Crippen molar-refractivity contribution < 1.29 is 14.6 Å². The number of hydrogen-bond acceptors (Lipinski definition) is 4. The van der Waals surface area contributed by atoms with Gasteiger partial charge >= 0.3 is 5.97 Å². The quantitative estimate of drug-likeness (QED) is 0.517. The first-order valence-corrected chi connectivity index (χ1v) is 4.37. The van der Waals surface area contributed by atoms with Crippen molar-refractivity contribution in [3.05, 3.63) is 23.8 Å². The third-order valence-corrected chi connectivity index (χ3v) is 2.39. The van der Waals surface area contributed by atoms with Crippen LogP contribution in [0.3, 0.4) is 0 Å². The Kier molecular flexibility index (Phi) is 2.04. The lowest BCUT2D eigenvalue weighted by Gasteiger charge is -2.06. The largest absolute Gasteiger partial charge is 0.508 e. The van der Waals surface area contributed by atoms with Crippen LogP contribution in [0.2, 0.25) is 0 Å². The van der Waals surface area contributed by atoms with Crippen LogP contribution in [-0.2, 0) is 9.53 Å². The maximum Gasteiger partial charge on any atom is 0.315 e. The Morgan fingerprint density at radius 2 is 2.43 bits per heavy atom. The van der Waals surface area contributed by atoms with Crippen LogP contribution in [0.5, 0.6) is 5.75 Å². The number of hydrogen-bond donors (Lipinski definition) is 2. The molecule has 74 valence electrons. The number of esters is 1. The van der Waals surface area contributed by atoms with Gasteiger partial charge in [0.2, 0.25) is 0 Å². The first-order valence-electron chi connectivity index (χ1n) is 4.37. The third kappa shape index (κ3) is 1.28. The first-order chi connectivity index (χ1) is 6.72. The Hall–Kier alpha value is -1.71. The molecular formula is C10H11NO3. The minimum absolute atomic E-state index is 0.168. The van der Waals surface area contributed by atoms with Gasteiger partial charge in [-0.2, -0.15) is 0 Å². The summed E-state index contributed by atoms with van der Waals surface area (Å²) in [5.41, 5.74) is 1.69. The molecule has 1 aromatic carbocycles. The standard InChI is InChI=1S/C10H11NO3/c1-14-10(13)8-5-11-9-3-2-6(12)4-7(8)9/h2-4,8,11-12H,5H2,1H3. The number of phenols is 1. The van der Waals surface area contributed by atoms with Crippen molar-refractivity contribution in [3.63, 3.8) is 0 Å². The van der Waals surface area contributed by atoms with Gasteiger partial charge in [0.15, 0.2) is 0 Å². The fourth-order valence-electron chi connectivity index (χ4n) is 1.67. The summed E-state index contributed by atoms with van der Waals surface area (Å²) in [6, 6.07) is 4.94. The van der Waals surface area contributed by atoms with Gasteiger partial charge < -0.3 is 15.2 Å². The average molecular weight is 193 g/mol. The van der Waals surface area contributed by atoms with Crippen LogP contribution in [0.15, 0.2) is 18.2 Å². The summed E-state index contributed by atoms with van der Waals surface area (Å²) in [6.07, 6.45) is 0. The second kappa shape index (κ2) is 3.21. The summed E-state index contributed by atoms with van der Waals surface area (Å²) in [7, 11) is 1.36. The third-order valence-electron chi connectivity index (χ3n) is 2.39. The van der Waals surface area contributed by atoms with Gasteiger partial charge in [-0.3, -0.25) is 4.79 Å². The van der Waals surface area contributed by atoms with E-state index in [1.807, 2.05) is 0 Å². The summed E-state index contributed by atoms with van der Waals surface area (Å²) in [4.78, 5) is 11.3. The first kappa shape index (κ1) is 8.87. The predicted molar refractivity (Wildman–Crippen MR) is 51.4 cm³/mol. The smallest absolute Gasteiger partial charge is 0.315 e. The number of anilines is 1. The van der Waals surface area contributed by atoms with Gasteiger partial charge in [0.1, 0.15) is 11.7 Å². The summed E-state index contributed by atoms with van der Waals surface area (Å²) in [5, 5.41) is 12.4. The van der Waals surface area contributed by atoms with Crippen LogP contribution in [0.4, 0.5) is 5.69 Å². The fourth-order valence-corrected chi connectivity index (χ4v) is 1.67. The molecule has 4 heteroatoms. The minimum Gasteiger partial charge on any atom is -0.508 e. The van der Waals surface area contributed by atoms with Gasteiger partial charge in [-0.05, 0) is 23.8 Å². The van der Waals surface area contributed by atoms with E-state index in [1.54, 1.807) is 18.2 Å². The normalized spacial score (nSPS) is 18.5. The number of methoxy groups -OCH3 is 1. The van der Waals surface area contributed by atoms with Crippen LogP contribution in [0.25, 0.3) is 0 Å². The van der Waals surface area contributed by atoms with Gasteiger partial charge in [0.25, 0.3) is 0 Å². The highest BCUT2D eigenvalue weighted by Gasteiger charge is 2.29. The summed E-state index contributed by atoms with van der Waals surface area (Å²) >= 11 is 0. The van der Waals surface area contributed by atoms with E-state index >= 15 is 0 Å². The molecule has 1 atom stereocenters. The topological polar surface area (TPSA) is 58.6 Å². The Labute approximate surface area is 81.5 Å². The fraction of sp³-hybridized carbons (Fsp3) is 0.300. The van der Waals surface area contributed by atoms with Crippen LogP contribution in [-0.4, -0.2) is 24.7 Å². The molecule has 2 rings (SSSR count). The number of nitrogens with one attached hydrogen (secondary N) is 1. The monoisotopic (exact) mass is 193 g/mol. The number of ether oxygens (including phenoxy) is 1. The van der Waals surface area contributed by atoms with Gasteiger partial charge in [-0.1, -0.05) is 0 Å². The molecular weight excluding hydrogens is 182 g/mol. The SMILES string of the molecule is COC(=O)C1CNc2ccc(O)cc21. The molecule has 0 saturated carbocycles. The number of benzene rings is 1. The van der Waals surface area contributed by atoms with E-state index in [4.69, 9.17) is 0 Å². The summed E-state index contributed by atoms with van der Waals surface area (Å²) < 4.78 is 4.67. The van der Waals surface area contributed by atoms with Crippen molar-refractivity contribution in [3.8, 4) is 5.75 Å². The second-order valence-corrected chi connectivity index (χ2v) is 3.23. The summed E-state index contributed by atoms with van der Waals surface area (Å²) in [5.74, 6) is -0.412. The lowest BCUT2D eigenvalue weighted by atomic mass is 10.0. The molecule has 0 spiro atoms. The lowest BCUT2D eigenvalue weighted by molar-refractivity contribution is -0.141. The van der Waals surface area contributed by atoms with Crippen LogP contribution >= 0.6 is 0 Å². The molecule has 14 heavy (non-hydrogen) atoms. The van der Waals surface area contributed by atoms with Gasteiger partial charge in [0, 0.05) is 12.2 Å². The zero-order valence-electron chi connectivity index (χ0n) is 7.78. The minimum atomic E-state index is -0.304. The van der Waals surface area contributed by atoms with Gasteiger partial charge in [0.05, 0.1) is 7.11 Å². The predicted octanol–water partition coefficient (Wildman–Crippen LogP) is 1.07. The van der Waals surface area contributed by atoms with Crippen molar-refractivity contribution in [1.82, 2.24) is 0 Å². The number of phenolic OH excluding ortho intramolecular Hbond substituents is 1. The molecule has 0 fully saturated rings. The number of fused-ring (bicyclic) bond motifs is 1. The van der Waals surface area contributed by atoms with Crippen molar-refractivity contribution in [2.75, 3.05) is 19.0 Å². The zero-order chi connectivity index (χ0) is 10.1. The number of carbonyl (C=O) groups is 1. The molecule has 0 radical (unpaired) electrons. The number of rotatable bonds is 1. The second-order valence-electron chi connectivity index (χ2n) is 3.23. The van der Waals surface area contributed by atoms with E-state index in [0.717, 1.165) is 11.3 Å². The number of aromatic hydroxyl groups is 1. The van der Waals surface area contributed by atoms with Crippen molar-refractivity contribution in [2.24, 2.45) is 0 Å². The molecule has 0 aliphatic carbocycles. The van der Waals surface area contributed by atoms with Crippen LogP contribution < -0.4 is 5.32 Å². The Bertz CT molecular complexity index is 376. The highest BCUT2D eigenvalue weighted by atomic mass is 16.5. The van der Waals surface area contributed by atoms with Gasteiger partial charge in [-0.15, -0.1) is 0 Å². The maximum absolute atomic E-state index is 11.3. The summed E-state index contributed by atoms with van der Waals surface area (Å²) in [6.45, 7) is 0.533. The molecule has 0 amide bonds. The van der Waals surface area contributed by atoms with E-state index in [2.05, 4.69) is 10.1 Å². The van der Waals surface area contributed by atoms with Crippen molar-refractivity contribution >= 4 is 11.7 Å². The van der Waals surface area contributed by atoms with E-state index < -0.39 is 0 Å². The maximum atomic E-state index is 11.3. The molecule has 1 unspecified atom stereocenters. The average Bonchev–Trinajstić information content (AvgIpc) is 2.59. The molecule has 4 nitrogen and oxygen atoms in total. The molecule has 0 aromatic heterocycles. The molecule has 0 saturated heterocycles. The molecule has 1 aliphatic rings. The Morgan fingerprint density at radius 3 is 3.14 bits per heavy atom. The molecule has 2 N–H and O–H groups in total. The van der Waals surface area contributed by atoms with E-state index in [9.17, 15) is 9.90 Å². The lowest BCUT2D eigenvalue weighted by Crippen LogP contribution is -2.15. The van der Waals surface area contributed by atoms with Crippen molar-refractivity contribution in [2.45, 2.75) is 5.92 Å². The zero-order valence-corrected chi connectivity index (χ0v) is 7.78. The van der Waals surface area contributed by atoms with Crippen LogP contribution in [0.1, 0.15) is 11.5 Å². The highest BCUT2D eigenvalue weighted by molar-refractivity contribution is 5.84. The molecule has 1 aromatic rings. The Balaban J connectivity index is 2.38. The van der Waals surface area contributed by atoms with E-state index in [1.165, 1.54) is 7.11 Å².